The van der Waals surface area contributed by atoms with Crippen LogP contribution in [0.2, 0.25) is 5.02 Å². The van der Waals surface area contributed by atoms with Crippen LogP contribution in [-0.2, 0) is 4.79 Å². The van der Waals surface area contributed by atoms with Gasteiger partial charge in [-0.15, -0.1) is 5.10 Å². The van der Waals surface area contributed by atoms with E-state index in [1.54, 1.807) is 36.4 Å². The molecule has 2 aromatic rings. The Bertz CT molecular complexity index is 960. The fourth-order valence-electron chi connectivity index (χ4n) is 2.43. The molecule has 0 bridgehead atoms. The van der Waals surface area contributed by atoms with E-state index in [0.717, 1.165) is 11.8 Å². The monoisotopic (exact) mass is 417 g/mol. The first kappa shape index (κ1) is 19.9. The maximum Gasteiger partial charge on any atom is 0.240 e. The van der Waals surface area contributed by atoms with Gasteiger partial charge in [-0.1, -0.05) is 23.4 Å². The first-order valence-electron chi connectivity index (χ1n) is 8.20. The molecule has 1 atom stereocenters. The molecule has 2 N–H and O–H groups in total. The molecule has 0 aromatic heterocycles. The maximum atomic E-state index is 12.3. The van der Waals surface area contributed by atoms with E-state index in [0.29, 0.717) is 27.1 Å². The highest BCUT2D eigenvalue weighted by atomic mass is 35.5. The number of Topliss-reactive ketones (excluding diaryl/α,β-unsaturated/α-hetero) is 1. The van der Waals surface area contributed by atoms with Crippen LogP contribution in [0.1, 0.15) is 22.3 Å². The second-order valence-electron chi connectivity index (χ2n) is 5.81. The second-order valence-corrected chi connectivity index (χ2v) is 7.44. The van der Waals surface area contributed by atoms with Crippen molar-refractivity contribution in [3.63, 3.8) is 0 Å². The van der Waals surface area contributed by atoms with E-state index >= 15 is 0 Å². The number of carbonyl (C=O) groups excluding carboxylic acids is 2. The third-order valence-electron chi connectivity index (χ3n) is 3.87. The normalized spacial score (nSPS) is 17.9. The van der Waals surface area contributed by atoms with Gasteiger partial charge in [-0.2, -0.15) is 5.10 Å². The van der Waals surface area contributed by atoms with E-state index < -0.39 is 5.25 Å². The number of nitrogens with zero attached hydrogens (tertiary/aromatic N) is 2. The Morgan fingerprint density at radius 2 is 2.07 bits per heavy atom. The summed E-state index contributed by atoms with van der Waals surface area (Å²) in [6, 6.07) is 11.3. The highest BCUT2D eigenvalue weighted by Crippen LogP contribution is 2.26. The first-order valence-corrected chi connectivity index (χ1v) is 9.46. The van der Waals surface area contributed by atoms with E-state index in [1.165, 1.54) is 19.4 Å². The Morgan fingerprint density at radius 3 is 2.79 bits per heavy atom. The average Bonchev–Trinajstić information content (AvgIpc) is 3.02. The van der Waals surface area contributed by atoms with Crippen molar-refractivity contribution < 1.29 is 19.4 Å². The van der Waals surface area contributed by atoms with E-state index in [4.69, 9.17) is 16.3 Å². The number of carbonyl (C=O) groups is 2. The van der Waals surface area contributed by atoms with Gasteiger partial charge in [-0.25, -0.2) is 0 Å². The molecule has 0 spiro atoms. The molecule has 0 unspecified atom stereocenters. The molecule has 1 amide bonds. The summed E-state index contributed by atoms with van der Waals surface area (Å²) in [7, 11) is 1.45. The summed E-state index contributed by atoms with van der Waals surface area (Å²) >= 11 is 6.97. The minimum absolute atomic E-state index is 0.0257. The summed E-state index contributed by atoms with van der Waals surface area (Å²) in [6.07, 6.45) is 1.52. The van der Waals surface area contributed by atoms with Crippen molar-refractivity contribution >= 4 is 46.4 Å². The first-order chi connectivity index (χ1) is 13.5. The van der Waals surface area contributed by atoms with Gasteiger partial charge >= 0.3 is 0 Å². The van der Waals surface area contributed by atoms with Crippen molar-refractivity contribution in [2.24, 2.45) is 10.2 Å². The van der Waals surface area contributed by atoms with Gasteiger partial charge in [-0.3, -0.25) is 9.59 Å². The quantitative estimate of drug-likeness (QED) is 0.427. The Labute approximate surface area is 170 Å². The van der Waals surface area contributed by atoms with Crippen LogP contribution in [0.25, 0.3) is 0 Å². The summed E-state index contributed by atoms with van der Waals surface area (Å²) in [5.74, 6) is -0.0866. The standard InChI is InChI=1S/C19H16ClN3O4S/c1-27-16-8-11(2-7-14(16)24)10-21-23-19-22-18(26)17(28-19)9-15(25)12-3-5-13(20)6-4-12/h2-8,10,17,24H,9H2,1H3,(H,22,23,26)/b21-10-/t17-/m1/s1. The van der Waals surface area contributed by atoms with Crippen LogP contribution >= 0.6 is 23.4 Å². The van der Waals surface area contributed by atoms with Crippen molar-refractivity contribution in [1.82, 2.24) is 5.32 Å². The fourth-order valence-corrected chi connectivity index (χ4v) is 3.48. The number of phenols is 1. The number of rotatable bonds is 6. The number of ether oxygens (including phenoxy) is 1. The summed E-state index contributed by atoms with van der Waals surface area (Å²) in [5.41, 5.74) is 1.17. The predicted molar refractivity (Wildman–Crippen MR) is 110 cm³/mol. The van der Waals surface area contributed by atoms with Gasteiger partial charge in [0, 0.05) is 17.0 Å². The Kier molecular flexibility index (Phi) is 6.33. The van der Waals surface area contributed by atoms with Crippen LogP contribution in [-0.4, -0.2) is 40.5 Å². The van der Waals surface area contributed by atoms with Gasteiger partial charge < -0.3 is 15.2 Å². The fraction of sp³-hybridized carbons (Fsp3) is 0.158. The number of thioether (sulfide) groups is 1. The van der Waals surface area contributed by atoms with Gasteiger partial charge in [-0.05, 0) is 48.0 Å². The number of benzene rings is 2. The molecule has 3 rings (SSSR count). The molecule has 1 aliphatic rings. The topological polar surface area (TPSA) is 100 Å². The van der Waals surface area contributed by atoms with Gasteiger partial charge in [0.05, 0.1) is 18.6 Å². The highest BCUT2D eigenvalue weighted by molar-refractivity contribution is 8.15. The predicted octanol–water partition coefficient (Wildman–Crippen LogP) is 3.25. The van der Waals surface area contributed by atoms with Crippen molar-refractivity contribution in [3.8, 4) is 11.5 Å². The molecule has 1 saturated heterocycles. The van der Waals surface area contributed by atoms with Crippen LogP contribution in [0.5, 0.6) is 11.5 Å². The third-order valence-corrected chi connectivity index (χ3v) is 5.20. The van der Waals surface area contributed by atoms with Crippen molar-refractivity contribution in [2.45, 2.75) is 11.7 Å². The number of hydrogen-bond acceptors (Lipinski definition) is 7. The second kappa shape index (κ2) is 8.90. The van der Waals surface area contributed by atoms with Gasteiger partial charge in [0.2, 0.25) is 5.91 Å². The highest BCUT2D eigenvalue weighted by Gasteiger charge is 2.32. The summed E-state index contributed by atoms with van der Waals surface area (Å²) < 4.78 is 5.03. The van der Waals surface area contributed by atoms with E-state index in [2.05, 4.69) is 15.5 Å². The number of nitrogens with one attached hydrogen (secondary N) is 1. The molecule has 7 nitrogen and oxygen atoms in total. The minimum atomic E-state index is -0.564. The molecule has 1 heterocycles. The number of halogens is 1. The van der Waals surface area contributed by atoms with Crippen LogP contribution < -0.4 is 10.1 Å². The summed E-state index contributed by atoms with van der Waals surface area (Å²) in [4.78, 5) is 24.4. The van der Waals surface area contributed by atoms with Crippen LogP contribution in [0, 0.1) is 0 Å². The molecule has 144 valence electrons. The third kappa shape index (κ3) is 4.90. The molecule has 28 heavy (non-hydrogen) atoms. The lowest BCUT2D eigenvalue weighted by Crippen LogP contribution is -2.26. The van der Waals surface area contributed by atoms with E-state index in [-0.39, 0.29) is 23.9 Å². The van der Waals surface area contributed by atoms with E-state index in [1.807, 2.05) is 0 Å². The van der Waals surface area contributed by atoms with Crippen LogP contribution in [0.4, 0.5) is 0 Å². The van der Waals surface area contributed by atoms with Crippen molar-refractivity contribution in [3.05, 3.63) is 58.6 Å². The Hall–Kier alpha value is -2.84. The molecule has 0 aliphatic carbocycles. The lowest BCUT2D eigenvalue weighted by atomic mass is 10.1. The number of methoxy groups -OCH3 is 1. The molecular weight excluding hydrogens is 402 g/mol. The van der Waals surface area contributed by atoms with Gasteiger partial charge in [0.25, 0.3) is 0 Å². The Morgan fingerprint density at radius 1 is 1.32 bits per heavy atom. The number of amides is 1. The number of phenolic OH excluding ortho intramolecular Hbond substituents is 1. The minimum Gasteiger partial charge on any atom is -0.504 e. The molecule has 0 saturated carbocycles. The zero-order valence-electron chi connectivity index (χ0n) is 14.8. The van der Waals surface area contributed by atoms with Crippen LogP contribution in [0.3, 0.4) is 0 Å². The molecule has 1 fully saturated rings. The summed E-state index contributed by atoms with van der Waals surface area (Å²) in [5, 5.41) is 20.4. The zero-order chi connectivity index (χ0) is 20.1. The lowest BCUT2D eigenvalue weighted by molar-refractivity contribution is -0.118. The maximum absolute atomic E-state index is 12.3. The van der Waals surface area contributed by atoms with E-state index in [9.17, 15) is 14.7 Å². The smallest absolute Gasteiger partial charge is 0.240 e. The van der Waals surface area contributed by atoms with Crippen LogP contribution in [0.15, 0.2) is 52.7 Å². The SMILES string of the molecule is COc1cc(/C=N\N=C2\NC(=O)[C@@H](CC(=O)c3ccc(Cl)cc3)S2)ccc1O. The number of amidine groups is 1. The van der Waals surface area contributed by atoms with Gasteiger partial charge in [0.1, 0.15) is 0 Å². The molecular formula is C19H16ClN3O4S. The van der Waals surface area contributed by atoms with Gasteiger partial charge in [0.15, 0.2) is 22.4 Å². The number of hydrogen-bond donors (Lipinski definition) is 2. The zero-order valence-corrected chi connectivity index (χ0v) is 16.3. The number of aromatic hydroxyl groups is 1. The largest absolute Gasteiger partial charge is 0.504 e. The van der Waals surface area contributed by atoms with Crippen molar-refractivity contribution in [1.29, 1.82) is 0 Å². The lowest BCUT2D eigenvalue weighted by Gasteiger charge is -2.04. The number of ketones is 1. The molecule has 2 aromatic carbocycles. The molecule has 0 radical (unpaired) electrons. The molecule has 1 aliphatic heterocycles. The van der Waals surface area contributed by atoms with Crippen molar-refractivity contribution in [2.75, 3.05) is 7.11 Å². The Balaban J connectivity index is 1.62. The summed E-state index contributed by atoms with van der Waals surface area (Å²) in [6.45, 7) is 0. The molecule has 9 heteroatoms. The average molecular weight is 418 g/mol.